The second kappa shape index (κ2) is 12.6. The highest BCUT2D eigenvalue weighted by atomic mass is 19.1. The van der Waals surface area contributed by atoms with Gasteiger partial charge in [-0.25, -0.2) is 4.39 Å². The molecular formula is C37H39FN6O4. The normalized spacial score (nSPS) is 19.5. The van der Waals surface area contributed by atoms with E-state index in [1.165, 1.54) is 11.6 Å². The molecule has 48 heavy (non-hydrogen) atoms. The van der Waals surface area contributed by atoms with Crippen molar-refractivity contribution in [2.75, 3.05) is 56.0 Å². The van der Waals surface area contributed by atoms with Crippen molar-refractivity contribution < 1.29 is 18.7 Å². The molecule has 2 fully saturated rings. The van der Waals surface area contributed by atoms with Gasteiger partial charge in [0.1, 0.15) is 16.8 Å². The zero-order valence-electron chi connectivity index (χ0n) is 26.8. The zero-order valence-corrected chi connectivity index (χ0v) is 26.8. The Balaban J connectivity index is 1.03. The van der Waals surface area contributed by atoms with Gasteiger partial charge in [0.25, 0.3) is 5.91 Å². The summed E-state index contributed by atoms with van der Waals surface area (Å²) in [5, 5.41) is 9.55. The summed E-state index contributed by atoms with van der Waals surface area (Å²) in [6.45, 7) is 4.90. The third kappa shape index (κ3) is 5.55. The van der Waals surface area contributed by atoms with Gasteiger partial charge in [0.2, 0.25) is 11.3 Å². The molecule has 0 aliphatic carbocycles. The highest BCUT2D eigenvalue weighted by Crippen LogP contribution is 2.47. The standard InChI is InChI=1S/C37H39FN6O4/c38-28-19-26-33-36(34(28)43-17-13-24(21-43)41-32(45)12-11-23-20-40-29-8-2-1-7-25(23)29)48-31-10-4-3-9-30(31)44(33)22-27(35(26)46)37(47)39-14-18-42-15-5-6-16-42/h1-4,7-10,19,22-24,40H,5-6,11-18,20-21H2,(H,39,47)(H,41,45). The van der Waals surface area contributed by atoms with Gasteiger partial charge in [0.15, 0.2) is 17.3 Å². The van der Waals surface area contributed by atoms with Crippen molar-refractivity contribution in [1.82, 2.24) is 20.1 Å². The summed E-state index contributed by atoms with van der Waals surface area (Å²) >= 11 is 0. The maximum Gasteiger partial charge on any atom is 0.256 e. The van der Waals surface area contributed by atoms with Gasteiger partial charge in [-0.3, -0.25) is 14.4 Å². The lowest BCUT2D eigenvalue weighted by molar-refractivity contribution is -0.121. The third-order valence-corrected chi connectivity index (χ3v) is 10.2. The maximum absolute atomic E-state index is 16.2. The van der Waals surface area contributed by atoms with Gasteiger partial charge in [0.05, 0.1) is 11.1 Å². The van der Waals surface area contributed by atoms with E-state index < -0.39 is 17.2 Å². The minimum atomic E-state index is -0.605. The molecule has 8 rings (SSSR count). The van der Waals surface area contributed by atoms with Gasteiger partial charge >= 0.3 is 0 Å². The summed E-state index contributed by atoms with van der Waals surface area (Å²) in [5.41, 5.74) is 3.13. The molecule has 5 heterocycles. The number of benzene rings is 3. The third-order valence-electron chi connectivity index (χ3n) is 10.2. The van der Waals surface area contributed by atoms with Crippen molar-refractivity contribution in [2.45, 2.75) is 44.1 Å². The summed E-state index contributed by atoms with van der Waals surface area (Å²) in [5.74, 6) is -0.0731. The Hall–Kier alpha value is -4.90. The molecule has 2 atom stereocenters. The Labute approximate surface area is 277 Å². The number of hydrogen-bond donors (Lipinski definition) is 3. The number of aromatic nitrogens is 1. The number of carbonyl (C=O) groups is 2. The molecule has 4 aliphatic heterocycles. The molecule has 0 spiro atoms. The molecule has 2 unspecified atom stereocenters. The number of ether oxygens (including phenoxy) is 1. The lowest BCUT2D eigenvalue weighted by Gasteiger charge is -2.29. The minimum absolute atomic E-state index is 0.0168. The van der Waals surface area contributed by atoms with E-state index >= 15 is 4.39 Å². The average molecular weight is 651 g/mol. The van der Waals surface area contributed by atoms with Crippen molar-refractivity contribution in [2.24, 2.45) is 0 Å². The van der Waals surface area contributed by atoms with Crippen molar-refractivity contribution in [3.05, 3.63) is 88.0 Å². The first-order valence-corrected chi connectivity index (χ1v) is 17.0. The highest BCUT2D eigenvalue weighted by Gasteiger charge is 2.34. The number of nitrogens with zero attached hydrogens (tertiary/aromatic N) is 3. The van der Waals surface area contributed by atoms with E-state index in [4.69, 9.17) is 4.74 Å². The molecule has 0 bridgehead atoms. The first-order chi connectivity index (χ1) is 23.4. The molecule has 2 saturated heterocycles. The Morgan fingerprint density at radius 2 is 1.85 bits per heavy atom. The van der Waals surface area contributed by atoms with E-state index in [9.17, 15) is 14.4 Å². The number of pyridine rings is 1. The van der Waals surface area contributed by atoms with Crippen LogP contribution in [0.2, 0.25) is 0 Å². The van der Waals surface area contributed by atoms with Crippen molar-refractivity contribution in [3.63, 3.8) is 0 Å². The van der Waals surface area contributed by atoms with Gasteiger partial charge in [-0.1, -0.05) is 30.3 Å². The summed E-state index contributed by atoms with van der Waals surface area (Å²) in [4.78, 5) is 44.2. The quantitative estimate of drug-likeness (QED) is 0.212. The van der Waals surface area contributed by atoms with Crippen LogP contribution >= 0.6 is 0 Å². The van der Waals surface area contributed by atoms with Crippen LogP contribution in [0.5, 0.6) is 11.5 Å². The van der Waals surface area contributed by atoms with Crippen molar-refractivity contribution in [3.8, 4) is 17.2 Å². The van der Waals surface area contributed by atoms with Crippen LogP contribution in [-0.2, 0) is 4.79 Å². The van der Waals surface area contributed by atoms with Crippen molar-refractivity contribution >= 4 is 34.1 Å². The Kier molecular flexibility index (Phi) is 7.99. The highest BCUT2D eigenvalue weighted by molar-refractivity contribution is 6.01. The fourth-order valence-corrected chi connectivity index (χ4v) is 7.74. The first kappa shape index (κ1) is 30.4. The van der Waals surface area contributed by atoms with Crippen molar-refractivity contribution in [1.29, 1.82) is 0 Å². The molecule has 0 radical (unpaired) electrons. The maximum atomic E-state index is 16.2. The van der Waals surface area contributed by atoms with E-state index in [0.717, 1.165) is 51.1 Å². The topological polar surface area (TPSA) is 108 Å². The van der Waals surface area contributed by atoms with Crippen LogP contribution in [0.3, 0.4) is 0 Å². The van der Waals surface area contributed by atoms with Gasteiger partial charge in [0, 0.05) is 63.0 Å². The molecule has 4 aliphatic rings. The fourth-order valence-electron chi connectivity index (χ4n) is 7.74. The largest absolute Gasteiger partial charge is 0.451 e. The molecule has 1 aromatic heterocycles. The monoisotopic (exact) mass is 650 g/mol. The minimum Gasteiger partial charge on any atom is -0.451 e. The molecule has 2 amide bonds. The van der Waals surface area contributed by atoms with Crippen LogP contribution < -0.4 is 31.0 Å². The SMILES string of the molecule is O=C(CCC1CNc2ccccc21)NC1CCN(c2c(F)cc3c(=O)c(C(=O)NCCN4CCCC4)cn4c3c2Oc2ccccc2-4)C1. The van der Waals surface area contributed by atoms with Gasteiger partial charge in [-0.2, -0.15) is 0 Å². The Morgan fingerprint density at radius 3 is 2.73 bits per heavy atom. The Morgan fingerprint density at radius 1 is 1.04 bits per heavy atom. The van der Waals surface area contributed by atoms with Crippen LogP contribution in [0.15, 0.2) is 65.6 Å². The lowest BCUT2D eigenvalue weighted by Crippen LogP contribution is -2.37. The van der Waals surface area contributed by atoms with E-state index in [-0.39, 0.29) is 34.3 Å². The molecule has 11 heteroatoms. The summed E-state index contributed by atoms with van der Waals surface area (Å²) < 4.78 is 24.3. The van der Waals surface area contributed by atoms with Crippen LogP contribution in [0.25, 0.3) is 16.6 Å². The van der Waals surface area contributed by atoms with E-state index in [1.807, 2.05) is 35.2 Å². The number of rotatable bonds is 9. The van der Waals surface area contributed by atoms with E-state index in [1.54, 1.807) is 16.8 Å². The molecule has 10 nitrogen and oxygen atoms in total. The number of hydrogen-bond acceptors (Lipinski definition) is 7. The number of para-hydroxylation sites is 3. The zero-order chi connectivity index (χ0) is 32.8. The summed E-state index contributed by atoms with van der Waals surface area (Å²) in [6.07, 6.45) is 5.67. The molecule has 248 valence electrons. The number of anilines is 2. The molecule has 0 saturated carbocycles. The molecule has 3 N–H and O–H groups in total. The predicted octanol–water partition coefficient (Wildman–Crippen LogP) is 4.75. The number of amides is 2. The first-order valence-electron chi connectivity index (χ1n) is 17.0. The van der Waals surface area contributed by atoms with Crippen LogP contribution in [0.4, 0.5) is 15.8 Å². The van der Waals surface area contributed by atoms with Gasteiger partial charge in [-0.15, -0.1) is 0 Å². The average Bonchev–Trinajstić information content (AvgIpc) is 3.87. The number of likely N-dealkylation sites (tertiary alicyclic amines) is 1. The predicted molar refractivity (Wildman–Crippen MR) is 183 cm³/mol. The van der Waals surface area contributed by atoms with Gasteiger partial charge in [-0.05, 0) is 68.6 Å². The molecule has 4 aromatic rings. The second-order valence-corrected chi connectivity index (χ2v) is 13.3. The van der Waals surface area contributed by atoms with Crippen LogP contribution in [0.1, 0.15) is 53.9 Å². The second-order valence-electron chi connectivity index (χ2n) is 13.3. The van der Waals surface area contributed by atoms with Gasteiger partial charge < -0.3 is 35.1 Å². The fraction of sp³-hybridized carbons (Fsp3) is 0.378. The smallest absolute Gasteiger partial charge is 0.256 e. The van der Waals surface area contributed by atoms with E-state index in [2.05, 4.69) is 33.0 Å². The lowest BCUT2D eigenvalue weighted by atomic mass is 9.96. The number of halogens is 1. The number of fused-ring (bicyclic) bond motifs is 3. The summed E-state index contributed by atoms with van der Waals surface area (Å²) in [6, 6.07) is 16.6. The van der Waals surface area contributed by atoms with Crippen LogP contribution in [0, 0.1) is 5.82 Å². The molecular weight excluding hydrogens is 611 g/mol. The summed E-state index contributed by atoms with van der Waals surface area (Å²) in [7, 11) is 0. The Bertz CT molecular complexity index is 1970. The van der Waals surface area contributed by atoms with Crippen LogP contribution in [-0.4, -0.2) is 73.1 Å². The van der Waals surface area contributed by atoms with E-state index in [0.29, 0.717) is 55.3 Å². The number of carbonyl (C=O) groups excluding carboxylic acids is 2. The number of nitrogens with one attached hydrogen (secondary N) is 3. The molecule has 3 aromatic carbocycles.